The van der Waals surface area contributed by atoms with Gasteiger partial charge in [0.1, 0.15) is 6.61 Å². The Bertz CT molecular complexity index is 1070. The summed E-state index contributed by atoms with van der Waals surface area (Å²) in [6.45, 7) is 0.860. The summed E-state index contributed by atoms with van der Waals surface area (Å²) < 4.78 is 10.9. The van der Waals surface area contributed by atoms with Crippen molar-refractivity contribution in [3.8, 4) is 11.1 Å². The highest BCUT2D eigenvalue weighted by Crippen LogP contribution is 2.44. The first-order valence-corrected chi connectivity index (χ1v) is 12.3. The van der Waals surface area contributed by atoms with Crippen LogP contribution in [0.1, 0.15) is 42.7 Å². The Kier molecular flexibility index (Phi) is 6.72. The molecule has 2 amide bonds. The summed E-state index contributed by atoms with van der Waals surface area (Å²) in [4.78, 5) is 38.8. The predicted octanol–water partition coefficient (Wildman–Crippen LogP) is 3.40. The van der Waals surface area contributed by atoms with E-state index in [0.29, 0.717) is 19.4 Å². The maximum absolute atomic E-state index is 13.1. The number of benzene rings is 2. The number of ether oxygens (including phenoxy) is 2. The number of morpholine rings is 1. The molecule has 5 rings (SSSR count). The first kappa shape index (κ1) is 23.4. The molecule has 2 aromatic carbocycles. The van der Waals surface area contributed by atoms with Gasteiger partial charge < -0.3 is 24.8 Å². The maximum Gasteiger partial charge on any atom is 0.407 e. The van der Waals surface area contributed by atoms with E-state index in [9.17, 15) is 19.5 Å². The molecular weight excluding hydrogens is 448 g/mol. The minimum absolute atomic E-state index is 0.00915. The zero-order valence-corrected chi connectivity index (χ0v) is 19.5. The van der Waals surface area contributed by atoms with E-state index < -0.39 is 18.1 Å². The molecule has 0 radical (unpaired) electrons. The Morgan fingerprint density at radius 2 is 1.71 bits per heavy atom. The molecule has 1 aliphatic heterocycles. The lowest BCUT2D eigenvalue weighted by Crippen LogP contribution is -2.55. The lowest BCUT2D eigenvalue weighted by Gasteiger charge is -2.37. The van der Waals surface area contributed by atoms with Gasteiger partial charge in [0.05, 0.1) is 13.2 Å². The van der Waals surface area contributed by atoms with Gasteiger partial charge in [-0.1, -0.05) is 55.0 Å². The third-order valence-corrected chi connectivity index (χ3v) is 7.39. The van der Waals surface area contributed by atoms with Crippen LogP contribution in [-0.4, -0.2) is 66.4 Å². The van der Waals surface area contributed by atoms with E-state index in [1.54, 1.807) is 0 Å². The number of carbonyl (C=O) groups is 3. The fourth-order valence-corrected chi connectivity index (χ4v) is 5.66. The first-order chi connectivity index (χ1) is 17.0. The van der Waals surface area contributed by atoms with Crippen LogP contribution in [0.25, 0.3) is 11.1 Å². The van der Waals surface area contributed by atoms with Crippen LogP contribution in [0.4, 0.5) is 4.79 Å². The molecule has 184 valence electrons. The first-order valence-electron chi connectivity index (χ1n) is 12.3. The number of aliphatic carboxylic acids is 1. The summed E-state index contributed by atoms with van der Waals surface area (Å²) in [5.41, 5.74) is 4.66. The molecule has 1 saturated heterocycles. The van der Waals surface area contributed by atoms with Gasteiger partial charge in [-0.25, -0.2) is 9.59 Å². The molecule has 3 aliphatic rings. The van der Waals surface area contributed by atoms with Crippen LogP contribution >= 0.6 is 0 Å². The molecule has 8 nitrogen and oxygen atoms in total. The lowest BCUT2D eigenvalue weighted by atomic mass is 9.84. The predicted molar refractivity (Wildman–Crippen MR) is 128 cm³/mol. The minimum atomic E-state index is -1.05. The average molecular weight is 479 g/mol. The quantitative estimate of drug-likeness (QED) is 0.683. The molecule has 0 spiro atoms. The van der Waals surface area contributed by atoms with Gasteiger partial charge >= 0.3 is 12.1 Å². The van der Waals surface area contributed by atoms with Crippen LogP contribution in [0, 0.1) is 5.92 Å². The number of nitrogens with one attached hydrogen (secondary N) is 1. The summed E-state index contributed by atoms with van der Waals surface area (Å²) in [6.07, 6.45) is 2.23. The fraction of sp³-hybridized carbons (Fsp3) is 0.444. The van der Waals surface area contributed by atoms with Crippen LogP contribution in [0.2, 0.25) is 0 Å². The largest absolute Gasteiger partial charge is 0.480 e. The summed E-state index contributed by atoms with van der Waals surface area (Å²) in [5.74, 6) is -1.55. The molecular formula is C27H30N2O6. The zero-order valence-electron chi connectivity index (χ0n) is 19.5. The molecule has 0 bridgehead atoms. The second-order valence-electron chi connectivity index (χ2n) is 9.49. The van der Waals surface area contributed by atoms with Crippen LogP contribution in [0.5, 0.6) is 0 Å². The number of fused-ring (bicyclic) bond motifs is 3. The van der Waals surface area contributed by atoms with Crippen LogP contribution in [0.3, 0.4) is 0 Å². The van der Waals surface area contributed by atoms with Crippen molar-refractivity contribution in [3.63, 3.8) is 0 Å². The molecule has 3 atom stereocenters. The van der Waals surface area contributed by atoms with Crippen molar-refractivity contribution in [2.45, 2.75) is 43.7 Å². The Balaban J connectivity index is 1.18. The third-order valence-electron chi connectivity index (χ3n) is 7.39. The van der Waals surface area contributed by atoms with Crippen LogP contribution in [-0.2, 0) is 19.1 Å². The fourth-order valence-electron chi connectivity index (χ4n) is 5.66. The highest BCUT2D eigenvalue weighted by atomic mass is 16.5. The number of carboxylic acid groups (broad SMARTS) is 1. The maximum atomic E-state index is 13.1. The normalized spacial score (nSPS) is 23.8. The second kappa shape index (κ2) is 10.1. The van der Waals surface area contributed by atoms with Gasteiger partial charge in [-0.05, 0) is 41.5 Å². The summed E-state index contributed by atoms with van der Waals surface area (Å²) in [6, 6.07) is 15.2. The molecule has 0 aromatic heterocycles. The zero-order chi connectivity index (χ0) is 24.4. The number of alkyl carbamates (subject to hydrolysis) is 1. The van der Waals surface area contributed by atoms with Crippen molar-refractivity contribution < 1.29 is 29.0 Å². The summed E-state index contributed by atoms with van der Waals surface area (Å²) in [5, 5.41) is 12.4. The summed E-state index contributed by atoms with van der Waals surface area (Å²) >= 11 is 0. The molecule has 2 fully saturated rings. The number of nitrogens with zero attached hydrogens (tertiary/aromatic N) is 1. The Labute approximate surface area is 204 Å². The van der Waals surface area contributed by atoms with Crippen LogP contribution in [0.15, 0.2) is 48.5 Å². The third kappa shape index (κ3) is 4.75. The molecule has 1 unspecified atom stereocenters. The molecule has 2 aliphatic carbocycles. The monoisotopic (exact) mass is 478 g/mol. The van der Waals surface area contributed by atoms with Crippen LogP contribution < -0.4 is 5.32 Å². The van der Waals surface area contributed by atoms with Gasteiger partial charge in [-0.3, -0.25) is 4.79 Å². The van der Waals surface area contributed by atoms with Gasteiger partial charge in [-0.2, -0.15) is 0 Å². The average Bonchev–Trinajstić information content (AvgIpc) is 3.21. The Hall–Kier alpha value is -3.39. The molecule has 2 N–H and O–H groups in total. The number of carboxylic acids is 1. The Morgan fingerprint density at radius 1 is 1.03 bits per heavy atom. The van der Waals surface area contributed by atoms with E-state index in [-0.39, 0.29) is 43.5 Å². The smallest absolute Gasteiger partial charge is 0.407 e. The number of hydrogen-bond donors (Lipinski definition) is 2. The molecule has 1 saturated carbocycles. The minimum Gasteiger partial charge on any atom is -0.480 e. The van der Waals surface area contributed by atoms with Crippen molar-refractivity contribution in [1.82, 2.24) is 10.2 Å². The number of amides is 2. The number of hydrogen-bond acceptors (Lipinski definition) is 5. The van der Waals surface area contributed by atoms with Crippen molar-refractivity contribution in [2.75, 3.05) is 26.4 Å². The molecule has 1 heterocycles. The van der Waals surface area contributed by atoms with E-state index in [1.165, 1.54) is 16.0 Å². The van der Waals surface area contributed by atoms with Gasteiger partial charge in [0, 0.05) is 24.4 Å². The van der Waals surface area contributed by atoms with Crippen molar-refractivity contribution >= 4 is 18.0 Å². The van der Waals surface area contributed by atoms with Crippen molar-refractivity contribution in [3.05, 3.63) is 59.7 Å². The van der Waals surface area contributed by atoms with Crippen molar-refractivity contribution in [2.24, 2.45) is 5.92 Å². The SMILES string of the molecule is O=C(N[C@@H]1CCC[C@@H](C(=O)N2CCOCC2C(=O)O)C1)OCC1c2ccccc2-c2ccccc21. The standard InChI is InChI=1S/C27H30N2O6/c30-25(29-12-13-34-16-24(29)26(31)32)17-6-5-7-18(14-17)28-27(33)35-15-23-21-10-3-1-8-19(21)20-9-2-4-11-22(20)23/h1-4,8-11,17-18,23-24H,5-7,12-16H2,(H,28,33)(H,31,32)/t17-,18-,24?/m1/s1. The number of carbonyl (C=O) groups excluding carboxylic acids is 2. The van der Waals surface area contributed by atoms with E-state index in [2.05, 4.69) is 29.6 Å². The molecule has 2 aromatic rings. The highest BCUT2D eigenvalue weighted by molar-refractivity contribution is 5.85. The topological polar surface area (TPSA) is 105 Å². The molecule has 8 heteroatoms. The van der Waals surface area contributed by atoms with Gasteiger partial charge in [0.25, 0.3) is 0 Å². The Morgan fingerprint density at radius 3 is 2.40 bits per heavy atom. The molecule has 35 heavy (non-hydrogen) atoms. The lowest BCUT2D eigenvalue weighted by molar-refractivity contribution is -0.160. The van der Waals surface area contributed by atoms with Gasteiger partial charge in [-0.15, -0.1) is 0 Å². The van der Waals surface area contributed by atoms with E-state index >= 15 is 0 Å². The second-order valence-corrected chi connectivity index (χ2v) is 9.49. The van der Waals surface area contributed by atoms with Gasteiger partial charge in [0.2, 0.25) is 5.91 Å². The number of rotatable bonds is 5. The highest BCUT2D eigenvalue weighted by Gasteiger charge is 2.38. The van der Waals surface area contributed by atoms with E-state index in [4.69, 9.17) is 9.47 Å². The van der Waals surface area contributed by atoms with E-state index in [1.807, 2.05) is 24.3 Å². The summed E-state index contributed by atoms with van der Waals surface area (Å²) in [7, 11) is 0. The van der Waals surface area contributed by atoms with E-state index in [0.717, 1.165) is 24.0 Å². The van der Waals surface area contributed by atoms with Crippen molar-refractivity contribution in [1.29, 1.82) is 0 Å². The van der Waals surface area contributed by atoms with Gasteiger partial charge in [0.15, 0.2) is 6.04 Å².